The molecule has 3 N–H and O–H groups in total. The molecule has 0 spiro atoms. The molecule has 5 amide bonds. The van der Waals surface area contributed by atoms with Crippen LogP contribution in [0.4, 0.5) is 5.69 Å². The number of hydrogen-bond acceptors (Lipinski definition) is 9. The SMILES string of the molecule is CN(CCCNc1cccc2c1C(=O)N(C1CCC(=O)NC1=O)C2=O)CCC(=O)NC(c1cccnc1)c1cc2ccccc2o1. The van der Waals surface area contributed by atoms with Crippen molar-refractivity contribution in [3.05, 3.63) is 95.5 Å². The molecule has 0 bridgehead atoms. The molecule has 0 radical (unpaired) electrons. The van der Waals surface area contributed by atoms with Crippen LogP contribution in [0.1, 0.15) is 63.8 Å². The van der Waals surface area contributed by atoms with Crippen molar-refractivity contribution < 1.29 is 28.4 Å². The molecule has 6 rings (SSSR count). The van der Waals surface area contributed by atoms with Gasteiger partial charge in [0, 0.05) is 55.0 Å². The van der Waals surface area contributed by atoms with Crippen molar-refractivity contribution in [2.24, 2.45) is 0 Å². The number of aromatic nitrogens is 1. The molecule has 4 heterocycles. The predicted octanol–water partition coefficient (Wildman–Crippen LogP) is 3.26. The van der Waals surface area contributed by atoms with Crippen LogP contribution in [0, 0.1) is 0 Å². The number of carbonyl (C=O) groups excluding carboxylic acids is 5. The van der Waals surface area contributed by atoms with Gasteiger partial charge in [0.2, 0.25) is 17.7 Å². The van der Waals surface area contributed by atoms with E-state index < -0.39 is 35.7 Å². The van der Waals surface area contributed by atoms with Gasteiger partial charge in [0.05, 0.1) is 11.1 Å². The third kappa shape index (κ3) is 6.38. The highest BCUT2D eigenvalue weighted by Crippen LogP contribution is 2.32. The zero-order valence-corrected chi connectivity index (χ0v) is 25.3. The highest BCUT2D eigenvalue weighted by atomic mass is 16.3. The smallest absolute Gasteiger partial charge is 0.264 e. The first kappa shape index (κ1) is 30.7. The van der Waals surface area contributed by atoms with E-state index in [4.69, 9.17) is 4.42 Å². The van der Waals surface area contributed by atoms with E-state index in [1.165, 1.54) is 0 Å². The number of rotatable bonds is 12. The average molecular weight is 623 g/mol. The van der Waals surface area contributed by atoms with Gasteiger partial charge in [-0.3, -0.25) is 39.2 Å². The number of carbonyl (C=O) groups is 5. The number of piperidine rings is 1. The normalized spacial score (nSPS) is 16.9. The van der Waals surface area contributed by atoms with Crippen LogP contribution in [-0.2, 0) is 14.4 Å². The molecule has 2 aromatic carbocycles. The lowest BCUT2D eigenvalue weighted by Gasteiger charge is -2.27. The summed E-state index contributed by atoms with van der Waals surface area (Å²) in [5.74, 6) is -1.63. The maximum absolute atomic E-state index is 13.3. The van der Waals surface area contributed by atoms with Gasteiger partial charge in [-0.1, -0.05) is 30.3 Å². The summed E-state index contributed by atoms with van der Waals surface area (Å²) in [6.07, 6.45) is 4.56. The maximum atomic E-state index is 13.3. The summed E-state index contributed by atoms with van der Waals surface area (Å²) in [5.41, 5.74) is 2.55. The van der Waals surface area contributed by atoms with Crippen molar-refractivity contribution in [2.75, 3.05) is 32.0 Å². The number of nitrogens with zero attached hydrogens (tertiary/aromatic N) is 3. The van der Waals surface area contributed by atoms with E-state index in [0.717, 1.165) is 21.4 Å². The van der Waals surface area contributed by atoms with Gasteiger partial charge in [0.1, 0.15) is 23.4 Å². The van der Waals surface area contributed by atoms with Gasteiger partial charge in [-0.25, -0.2) is 0 Å². The topological polar surface area (TPSA) is 154 Å². The standard InChI is InChI=1S/C34H34N6O6/c1-39(18-14-29(42)37-31(22-8-5-15-35-20-22)27-19-21-7-2-3-11-26(21)46-27)17-6-16-36-24-10-4-9-23-30(24)34(45)40(33(23)44)25-12-13-28(41)38-32(25)43/h2-5,7-11,15,19-20,25,31,36H,6,12-14,16-18H2,1H3,(H,37,42)(H,38,41,43). The van der Waals surface area contributed by atoms with Gasteiger partial charge in [0.15, 0.2) is 0 Å². The predicted molar refractivity (Wildman–Crippen MR) is 169 cm³/mol. The van der Waals surface area contributed by atoms with E-state index in [2.05, 4.69) is 25.8 Å². The molecule has 0 aliphatic carbocycles. The second-order valence-corrected chi connectivity index (χ2v) is 11.5. The summed E-state index contributed by atoms with van der Waals surface area (Å²) >= 11 is 0. The number of amides is 5. The zero-order valence-electron chi connectivity index (χ0n) is 25.3. The van der Waals surface area contributed by atoms with Crippen molar-refractivity contribution in [2.45, 2.75) is 37.8 Å². The lowest BCUT2D eigenvalue weighted by molar-refractivity contribution is -0.136. The third-order valence-electron chi connectivity index (χ3n) is 8.27. The molecule has 4 aromatic rings. The van der Waals surface area contributed by atoms with Crippen LogP contribution in [0.25, 0.3) is 11.0 Å². The number of anilines is 1. The van der Waals surface area contributed by atoms with Crippen molar-refractivity contribution >= 4 is 46.2 Å². The Labute approximate surface area is 265 Å². The van der Waals surface area contributed by atoms with E-state index in [0.29, 0.717) is 37.5 Å². The molecule has 2 atom stereocenters. The van der Waals surface area contributed by atoms with Crippen LogP contribution >= 0.6 is 0 Å². The highest BCUT2D eigenvalue weighted by Gasteiger charge is 2.45. The number of benzene rings is 2. The maximum Gasteiger partial charge on any atom is 0.264 e. The molecule has 2 aromatic heterocycles. The molecular weight excluding hydrogens is 588 g/mol. The Morgan fingerprint density at radius 2 is 1.91 bits per heavy atom. The molecule has 236 valence electrons. The Morgan fingerprint density at radius 1 is 1.07 bits per heavy atom. The summed E-state index contributed by atoms with van der Waals surface area (Å²) in [6.45, 7) is 1.72. The number of fused-ring (bicyclic) bond motifs is 2. The Balaban J connectivity index is 1.00. The Hall–Kier alpha value is -5.36. The van der Waals surface area contributed by atoms with Gasteiger partial charge >= 0.3 is 0 Å². The van der Waals surface area contributed by atoms with E-state index in [1.807, 2.05) is 49.5 Å². The van der Waals surface area contributed by atoms with Gasteiger partial charge < -0.3 is 20.0 Å². The van der Waals surface area contributed by atoms with Gasteiger partial charge in [-0.15, -0.1) is 0 Å². The summed E-state index contributed by atoms with van der Waals surface area (Å²) in [5, 5.41) is 9.52. The van der Waals surface area contributed by atoms with Gasteiger partial charge in [-0.2, -0.15) is 0 Å². The molecule has 0 saturated carbocycles. The van der Waals surface area contributed by atoms with Crippen molar-refractivity contribution in [1.29, 1.82) is 0 Å². The number of hydrogen-bond donors (Lipinski definition) is 3. The minimum atomic E-state index is -1.01. The van der Waals surface area contributed by atoms with E-state index in [1.54, 1.807) is 30.6 Å². The van der Waals surface area contributed by atoms with Crippen LogP contribution < -0.4 is 16.0 Å². The summed E-state index contributed by atoms with van der Waals surface area (Å²) in [4.78, 5) is 70.6. The van der Waals surface area contributed by atoms with Crippen LogP contribution in [0.2, 0.25) is 0 Å². The molecule has 1 fully saturated rings. The lowest BCUT2D eigenvalue weighted by atomic mass is 10.0. The minimum absolute atomic E-state index is 0.0659. The van der Waals surface area contributed by atoms with Gasteiger partial charge in [0.25, 0.3) is 11.8 Å². The second kappa shape index (κ2) is 13.3. The number of pyridine rings is 1. The fraction of sp³-hybridized carbons (Fsp3) is 0.294. The molecule has 2 unspecified atom stereocenters. The quantitative estimate of drug-likeness (QED) is 0.160. The third-order valence-corrected chi connectivity index (χ3v) is 8.27. The van der Waals surface area contributed by atoms with Crippen LogP contribution in [0.5, 0.6) is 0 Å². The fourth-order valence-electron chi connectivity index (χ4n) is 5.88. The molecule has 12 heteroatoms. The van der Waals surface area contributed by atoms with Gasteiger partial charge in [-0.05, 0) is 56.8 Å². The monoisotopic (exact) mass is 622 g/mol. The largest absolute Gasteiger partial charge is 0.459 e. The summed E-state index contributed by atoms with van der Waals surface area (Å²) in [7, 11) is 1.94. The lowest BCUT2D eigenvalue weighted by Crippen LogP contribution is -2.54. The highest BCUT2D eigenvalue weighted by molar-refractivity contribution is 6.25. The Kier molecular flexibility index (Phi) is 8.88. The number of furan rings is 1. The second-order valence-electron chi connectivity index (χ2n) is 11.5. The average Bonchev–Trinajstić information content (AvgIpc) is 3.60. The van der Waals surface area contributed by atoms with Crippen LogP contribution in [-0.4, -0.2) is 77.0 Å². The van der Waals surface area contributed by atoms with E-state index in [-0.39, 0.29) is 36.3 Å². The molecule has 2 aliphatic heterocycles. The molecular formula is C34H34N6O6. The molecule has 2 aliphatic rings. The number of imide groups is 2. The first-order chi connectivity index (χ1) is 22.3. The first-order valence-electron chi connectivity index (χ1n) is 15.2. The minimum Gasteiger partial charge on any atom is -0.459 e. The van der Waals surface area contributed by atoms with Crippen molar-refractivity contribution in [1.82, 2.24) is 25.4 Å². The Bertz CT molecular complexity index is 1770. The Morgan fingerprint density at radius 3 is 2.70 bits per heavy atom. The van der Waals surface area contributed by atoms with E-state index in [9.17, 15) is 24.0 Å². The summed E-state index contributed by atoms with van der Waals surface area (Å²) in [6, 6.07) is 16.9. The molecule has 1 saturated heterocycles. The van der Waals surface area contributed by atoms with Crippen molar-refractivity contribution in [3.63, 3.8) is 0 Å². The van der Waals surface area contributed by atoms with Crippen molar-refractivity contribution in [3.8, 4) is 0 Å². The first-order valence-corrected chi connectivity index (χ1v) is 15.2. The van der Waals surface area contributed by atoms with E-state index >= 15 is 0 Å². The molecule has 12 nitrogen and oxygen atoms in total. The van der Waals surface area contributed by atoms with Crippen LogP contribution in [0.15, 0.2) is 77.5 Å². The zero-order chi connectivity index (χ0) is 32.2. The summed E-state index contributed by atoms with van der Waals surface area (Å²) < 4.78 is 6.07. The molecule has 46 heavy (non-hydrogen) atoms. The number of nitrogens with one attached hydrogen (secondary N) is 3. The number of para-hydroxylation sites is 1. The fourth-order valence-corrected chi connectivity index (χ4v) is 5.88. The van der Waals surface area contributed by atoms with Crippen LogP contribution in [0.3, 0.4) is 0 Å².